The zero-order valence-electron chi connectivity index (χ0n) is 18.1. The van der Waals surface area contributed by atoms with E-state index < -0.39 is 33.2 Å². The summed E-state index contributed by atoms with van der Waals surface area (Å²) in [5.74, 6) is -3.04. The highest BCUT2D eigenvalue weighted by Crippen LogP contribution is 2.34. The molecular weight excluding hydrogens is 457 g/mol. The first-order valence-electron chi connectivity index (χ1n) is 10.8. The molecule has 4 rings (SSSR count). The summed E-state index contributed by atoms with van der Waals surface area (Å²) in [6, 6.07) is 6.21. The third-order valence-corrected chi connectivity index (χ3v) is 8.35. The third-order valence-electron chi connectivity index (χ3n) is 5.95. The van der Waals surface area contributed by atoms with Crippen LogP contribution in [0.15, 0.2) is 35.5 Å². The molecule has 0 N–H and O–H groups in total. The second-order valence-electron chi connectivity index (χ2n) is 8.32. The van der Waals surface area contributed by atoms with E-state index >= 15 is 0 Å². The molecule has 0 amide bonds. The first kappa shape index (κ1) is 23.6. The highest BCUT2D eigenvalue weighted by atomic mass is 32.2. The fourth-order valence-electron chi connectivity index (χ4n) is 3.92. The van der Waals surface area contributed by atoms with Gasteiger partial charge in [-0.05, 0) is 60.9 Å². The first-order chi connectivity index (χ1) is 15.8. The standard InChI is InChI=1S/C23H25F3N2O4S/c1-31-27-13-16-2-5-19(20(24)10-16)17-11-21(25)23(22(26)12-17)32-14-15-6-8-28(9-7-15)33(29,30)18-3-4-18/h2,5,10-13,15,18H,3-4,6-9,14H2,1H3/b27-13+. The zero-order chi connectivity index (χ0) is 23.6. The molecule has 0 radical (unpaired) electrons. The lowest BCUT2D eigenvalue weighted by Gasteiger charge is -2.31. The zero-order valence-corrected chi connectivity index (χ0v) is 19.0. The molecule has 2 aliphatic rings. The molecule has 1 aliphatic carbocycles. The molecule has 0 unspecified atom stereocenters. The van der Waals surface area contributed by atoms with Crippen LogP contribution in [0, 0.1) is 23.4 Å². The molecule has 1 heterocycles. The Kier molecular flexibility index (Phi) is 6.94. The summed E-state index contributed by atoms with van der Waals surface area (Å²) in [6.45, 7) is 0.856. The number of benzene rings is 2. The average molecular weight is 483 g/mol. The first-order valence-corrected chi connectivity index (χ1v) is 12.3. The van der Waals surface area contributed by atoms with Crippen LogP contribution in [-0.2, 0) is 14.9 Å². The van der Waals surface area contributed by atoms with Crippen LogP contribution in [-0.4, -0.2) is 51.0 Å². The van der Waals surface area contributed by atoms with Crippen molar-refractivity contribution in [2.75, 3.05) is 26.8 Å². The van der Waals surface area contributed by atoms with Crippen LogP contribution in [0.1, 0.15) is 31.2 Å². The molecular formula is C23H25F3N2O4S. The quantitative estimate of drug-likeness (QED) is 0.415. The van der Waals surface area contributed by atoms with Crippen molar-refractivity contribution in [3.63, 3.8) is 0 Å². The van der Waals surface area contributed by atoms with E-state index in [-0.39, 0.29) is 28.9 Å². The van der Waals surface area contributed by atoms with Gasteiger partial charge in [-0.3, -0.25) is 0 Å². The van der Waals surface area contributed by atoms with Gasteiger partial charge in [0.15, 0.2) is 17.4 Å². The summed E-state index contributed by atoms with van der Waals surface area (Å²) in [5.41, 5.74) is 0.525. The summed E-state index contributed by atoms with van der Waals surface area (Å²) < 4.78 is 75.3. The van der Waals surface area contributed by atoms with Crippen LogP contribution in [0.5, 0.6) is 5.75 Å². The van der Waals surface area contributed by atoms with Gasteiger partial charge < -0.3 is 9.57 Å². The number of hydrogen-bond donors (Lipinski definition) is 0. The van der Waals surface area contributed by atoms with Gasteiger partial charge in [-0.1, -0.05) is 17.3 Å². The molecule has 6 nitrogen and oxygen atoms in total. The molecule has 2 aromatic carbocycles. The minimum atomic E-state index is -3.21. The van der Waals surface area contributed by atoms with Gasteiger partial charge in [0.05, 0.1) is 18.1 Å². The Hall–Kier alpha value is -2.59. The van der Waals surface area contributed by atoms with Gasteiger partial charge in [0.2, 0.25) is 10.0 Å². The molecule has 1 aliphatic heterocycles. The van der Waals surface area contributed by atoms with Crippen LogP contribution in [0.4, 0.5) is 13.2 Å². The molecule has 178 valence electrons. The Bertz CT molecular complexity index is 1120. The molecule has 2 aromatic rings. The largest absolute Gasteiger partial charge is 0.487 e. The van der Waals surface area contributed by atoms with Crippen molar-refractivity contribution in [1.82, 2.24) is 4.31 Å². The molecule has 2 fully saturated rings. The molecule has 33 heavy (non-hydrogen) atoms. The maximum Gasteiger partial charge on any atom is 0.216 e. The van der Waals surface area contributed by atoms with Gasteiger partial charge in [-0.2, -0.15) is 0 Å². The van der Waals surface area contributed by atoms with Gasteiger partial charge in [-0.25, -0.2) is 25.9 Å². The van der Waals surface area contributed by atoms with E-state index in [1.165, 1.54) is 29.8 Å². The number of halogens is 3. The van der Waals surface area contributed by atoms with Crippen LogP contribution < -0.4 is 4.74 Å². The molecule has 0 aromatic heterocycles. The fraction of sp³-hybridized carbons (Fsp3) is 0.435. The van der Waals surface area contributed by atoms with E-state index in [2.05, 4.69) is 9.99 Å². The number of rotatable bonds is 8. The van der Waals surface area contributed by atoms with Gasteiger partial charge >= 0.3 is 0 Å². The van der Waals surface area contributed by atoms with E-state index in [0.29, 0.717) is 31.5 Å². The van der Waals surface area contributed by atoms with Crippen LogP contribution in [0.3, 0.4) is 0 Å². The minimum Gasteiger partial charge on any atom is -0.487 e. The van der Waals surface area contributed by atoms with Crippen molar-refractivity contribution < 1.29 is 31.2 Å². The van der Waals surface area contributed by atoms with Crippen LogP contribution in [0.25, 0.3) is 11.1 Å². The number of sulfonamides is 1. The normalized spacial score (nSPS) is 18.1. The number of ether oxygens (including phenoxy) is 1. The lowest BCUT2D eigenvalue weighted by Crippen LogP contribution is -2.41. The van der Waals surface area contributed by atoms with Crippen molar-refractivity contribution in [3.05, 3.63) is 53.3 Å². The van der Waals surface area contributed by atoms with Crippen molar-refractivity contribution in [2.45, 2.75) is 30.9 Å². The molecule has 1 saturated carbocycles. The Balaban J connectivity index is 1.40. The maximum atomic E-state index is 14.6. The van der Waals surface area contributed by atoms with Crippen molar-refractivity contribution in [1.29, 1.82) is 0 Å². The number of nitrogens with zero attached hydrogens (tertiary/aromatic N) is 2. The smallest absolute Gasteiger partial charge is 0.216 e. The van der Waals surface area contributed by atoms with Crippen molar-refractivity contribution in [2.24, 2.45) is 11.1 Å². The molecule has 0 spiro atoms. The highest BCUT2D eigenvalue weighted by Gasteiger charge is 2.41. The monoisotopic (exact) mass is 482 g/mol. The number of piperidine rings is 1. The van der Waals surface area contributed by atoms with Crippen molar-refractivity contribution in [3.8, 4) is 16.9 Å². The number of hydrogen-bond acceptors (Lipinski definition) is 5. The third kappa shape index (κ3) is 5.33. The maximum absolute atomic E-state index is 14.6. The molecule has 0 atom stereocenters. The Morgan fingerprint density at radius 1 is 1.03 bits per heavy atom. The molecule has 10 heteroatoms. The molecule has 0 bridgehead atoms. The van der Waals surface area contributed by atoms with Crippen LogP contribution in [0.2, 0.25) is 0 Å². The highest BCUT2D eigenvalue weighted by molar-refractivity contribution is 7.90. The second-order valence-corrected chi connectivity index (χ2v) is 10.5. The second kappa shape index (κ2) is 9.72. The summed E-state index contributed by atoms with van der Waals surface area (Å²) >= 11 is 0. The van der Waals surface area contributed by atoms with Gasteiger partial charge in [-0.15, -0.1) is 0 Å². The Labute approximate surface area is 191 Å². The lowest BCUT2D eigenvalue weighted by molar-refractivity contribution is 0.176. The Morgan fingerprint density at radius 3 is 2.27 bits per heavy atom. The summed E-state index contributed by atoms with van der Waals surface area (Å²) in [6.07, 6.45) is 3.89. The fourth-order valence-corrected chi connectivity index (χ4v) is 5.79. The minimum absolute atomic E-state index is 0.00659. The van der Waals surface area contributed by atoms with Gasteiger partial charge in [0.25, 0.3) is 0 Å². The Morgan fingerprint density at radius 2 is 1.70 bits per heavy atom. The summed E-state index contributed by atoms with van der Waals surface area (Å²) in [4.78, 5) is 4.55. The number of oxime groups is 1. The van der Waals surface area contributed by atoms with Crippen LogP contribution >= 0.6 is 0 Å². The SMILES string of the molecule is CO/N=C/c1ccc(-c2cc(F)c(OCC3CCN(S(=O)(=O)C4CC4)CC3)c(F)c2)c(F)c1. The van der Waals surface area contributed by atoms with E-state index in [0.717, 1.165) is 25.0 Å². The lowest BCUT2D eigenvalue weighted by atomic mass is 9.99. The van der Waals surface area contributed by atoms with E-state index in [1.54, 1.807) is 6.07 Å². The van der Waals surface area contributed by atoms with Crippen molar-refractivity contribution >= 4 is 16.2 Å². The van der Waals surface area contributed by atoms with E-state index in [1.807, 2.05) is 0 Å². The van der Waals surface area contributed by atoms with Gasteiger partial charge in [0.1, 0.15) is 12.9 Å². The van der Waals surface area contributed by atoms with E-state index in [4.69, 9.17) is 4.74 Å². The summed E-state index contributed by atoms with van der Waals surface area (Å²) in [5, 5.41) is 3.31. The average Bonchev–Trinajstić information content (AvgIpc) is 3.63. The topological polar surface area (TPSA) is 68.2 Å². The van der Waals surface area contributed by atoms with E-state index in [9.17, 15) is 21.6 Å². The molecule has 1 saturated heterocycles. The predicted molar refractivity (Wildman–Crippen MR) is 118 cm³/mol. The summed E-state index contributed by atoms with van der Waals surface area (Å²) in [7, 11) is -1.85. The van der Waals surface area contributed by atoms with Gasteiger partial charge in [0, 0.05) is 18.7 Å². The predicted octanol–water partition coefficient (Wildman–Crippen LogP) is 4.33.